The molecule has 0 bridgehead atoms. The normalized spacial score (nSPS) is 29.1. The van der Waals surface area contributed by atoms with Crippen LogP contribution in [0.4, 0.5) is 0 Å². The maximum absolute atomic E-state index is 5.10. The minimum atomic E-state index is 0.580. The van der Waals surface area contributed by atoms with Crippen molar-refractivity contribution in [1.82, 2.24) is 10.1 Å². The van der Waals surface area contributed by atoms with Gasteiger partial charge in [-0.1, -0.05) is 82.3 Å². The van der Waals surface area contributed by atoms with Crippen molar-refractivity contribution in [3.05, 3.63) is 11.4 Å². The van der Waals surface area contributed by atoms with Crippen LogP contribution < -0.4 is 0 Å². The third-order valence-corrected chi connectivity index (χ3v) is 8.78. The van der Waals surface area contributed by atoms with Gasteiger partial charge in [0, 0.05) is 11.8 Å². The molecule has 0 saturated heterocycles. The lowest BCUT2D eigenvalue weighted by Gasteiger charge is -2.50. The second-order valence-electron chi connectivity index (χ2n) is 10.9. The monoisotopic (exact) mass is 412 g/mol. The molecule has 0 N–H and O–H groups in total. The summed E-state index contributed by atoms with van der Waals surface area (Å²) in [5, 5.41) is 15.4. The maximum Gasteiger partial charge on any atom is 0.0892 e. The minimum Gasteiger partial charge on any atom is -0.267 e. The molecule has 4 nitrogen and oxygen atoms in total. The van der Waals surface area contributed by atoms with Gasteiger partial charge in [-0.05, 0) is 51.4 Å². The van der Waals surface area contributed by atoms with Crippen LogP contribution >= 0.6 is 0 Å². The first-order chi connectivity index (χ1) is 14.9. The number of rotatable bonds is 4. The Labute approximate surface area is 184 Å². The second-order valence-corrected chi connectivity index (χ2v) is 10.9. The Morgan fingerprint density at radius 1 is 0.500 bits per heavy atom. The first-order valence-corrected chi connectivity index (χ1v) is 13.7. The molecule has 0 aromatic carbocycles. The van der Waals surface area contributed by atoms with E-state index >= 15 is 0 Å². The number of hydrogen-bond donors (Lipinski definition) is 0. The number of nitrogens with zero attached hydrogens (tertiary/aromatic N) is 4. The minimum absolute atomic E-state index is 0.580. The summed E-state index contributed by atoms with van der Waals surface area (Å²) in [6, 6.07) is 1.24. The zero-order valence-corrected chi connectivity index (χ0v) is 19.2. The van der Waals surface area contributed by atoms with Gasteiger partial charge in [0.25, 0.3) is 0 Å². The molecule has 0 radical (unpaired) electrons. The largest absolute Gasteiger partial charge is 0.267 e. The molecule has 0 atom stereocenters. The summed E-state index contributed by atoms with van der Waals surface area (Å²) < 4.78 is 0. The van der Waals surface area contributed by atoms with Crippen LogP contribution in [0.2, 0.25) is 0 Å². The fourth-order valence-electron chi connectivity index (χ4n) is 7.11. The third-order valence-electron chi connectivity index (χ3n) is 8.78. The van der Waals surface area contributed by atoms with E-state index in [2.05, 4.69) is 10.1 Å². The summed E-state index contributed by atoms with van der Waals surface area (Å²) in [4.78, 5) is 0. The molecule has 1 heterocycles. The Bertz CT molecular complexity index is 603. The summed E-state index contributed by atoms with van der Waals surface area (Å²) >= 11 is 0. The van der Waals surface area contributed by atoms with Crippen LogP contribution in [0, 0.1) is 11.8 Å². The molecule has 5 rings (SSSR count). The van der Waals surface area contributed by atoms with E-state index < -0.39 is 0 Å². The summed E-state index contributed by atoms with van der Waals surface area (Å²) in [5.74, 6) is 1.39. The zero-order chi connectivity index (χ0) is 20.2. The van der Waals surface area contributed by atoms with Crippen LogP contribution in [0.25, 0.3) is 0 Å². The fraction of sp³-hybridized carbons (Fsp3) is 0.923. The lowest BCUT2D eigenvalue weighted by molar-refractivity contribution is -0.104. The van der Waals surface area contributed by atoms with Crippen LogP contribution in [-0.2, 0) is 0 Å². The van der Waals surface area contributed by atoms with E-state index in [1.807, 2.05) is 0 Å². The number of allylic oxidation sites excluding steroid dienone is 2. The second kappa shape index (κ2) is 10.0. The van der Waals surface area contributed by atoms with Crippen molar-refractivity contribution < 1.29 is 0 Å². The Morgan fingerprint density at radius 2 is 0.967 bits per heavy atom. The third kappa shape index (κ3) is 4.43. The molecule has 4 fully saturated rings. The predicted molar refractivity (Wildman–Crippen MR) is 122 cm³/mol. The highest BCUT2D eigenvalue weighted by molar-refractivity contribution is 5.21. The highest BCUT2D eigenvalue weighted by atomic mass is 15.8. The van der Waals surface area contributed by atoms with Gasteiger partial charge >= 0.3 is 0 Å². The SMILES string of the molecule is C1CCC(C2=C(C3CCCCC3)N(C3CCCCC3)N(C3CCCCC3)N=N2)CC1. The molecule has 5 aliphatic rings. The Morgan fingerprint density at radius 3 is 1.53 bits per heavy atom. The summed E-state index contributed by atoms with van der Waals surface area (Å²) in [7, 11) is 0. The van der Waals surface area contributed by atoms with Crippen molar-refractivity contribution in [2.24, 2.45) is 22.2 Å². The van der Waals surface area contributed by atoms with Crippen molar-refractivity contribution in [1.29, 1.82) is 0 Å². The molecule has 4 saturated carbocycles. The van der Waals surface area contributed by atoms with E-state index in [0.717, 1.165) is 5.92 Å². The van der Waals surface area contributed by atoms with Crippen molar-refractivity contribution in [2.45, 2.75) is 141 Å². The standard InChI is InChI=1S/C26H44N4/c1-5-13-21(14-6-1)25-26(22-15-7-2-8-16-22)29(23-17-9-3-10-18-23)30(28-27-25)24-19-11-4-12-20-24/h21-24H,1-20H2. The van der Waals surface area contributed by atoms with Crippen LogP contribution in [0.5, 0.6) is 0 Å². The van der Waals surface area contributed by atoms with Crippen molar-refractivity contribution in [2.75, 3.05) is 0 Å². The van der Waals surface area contributed by atoms with Crippen molar-refractivity contribution in [3.63, 3.8) is 0 Å². The molecule has 0 aromatic heterocycles. The number of hydrazine groups is 1. The molecule has 168 valence electrons. The highest BCUT2D eigenvalue weighted by Gasteiger charge is 2.41. The van der Waals surface area contributed by atoms with Gasteiger partial charge in [-0.2, -0.15) is 5.12 Å². The van der Waals surface area contributed by atoms with Gasteiger partial charge in [0.1, 0.15) is 0 Å². The van der Waals surface area contributed by atoms with E-state index in [1.165, 1.54) is 134 Å². The van der Waals surface area contributed by atoms with Crippen LogP contribution in [-0.4, -0.2) is 22.2 Å². The van der Waals surface area contributed by atoms with Crippen LogP contribution in [0.1, 0.15) is 128 Å². The average Bonchev–Trinajstić information content (AvgIpc) is 2.85. The number of hydrogen-bond acceptors (Lipinski definition) is 4. The fourth-order valence-corrected chi connectivity index (χ4v) is 7.11. The van der Waals surface area contributed by atoms with Crippen LogP contribution in [0.15, 0.2) is 21.7 Å². The first kappa shape index (κ1) is 20.8. The topological polar surface area (TPSA) is 31.2 Å². The molecule has 0 aromatic rings. The van der Waals surface area contributed by atoms with E-state index in [0.29, 0.717) is 18.0 Å². The Hall–Kier alpha value is -1.06. The molecular weight excluding hydrogens is 368 g/mol. The molecular formula is C26H44N4. The van der Waals surface area contributed by atoms with Crippen molar-refractivity contribution >= 4 is 0 Å². The summed E-state index contributed by atoms with van der Waals surface area (Å²) in [6.07, 6.45) is 27.5. The van der Waals surface area contributed by atoms with Gasteiger partial charge in [0.2, 0.25) is 0 Å². The molecule has 0 unspecified atom stereocenters. The van der Waals surface area contributed by atoms with E-state index in [1.54, 1.807) is 5.70 Å². The average molecular weight is 413 g/mol. The molecule has 1 aliphatic heterocycles. The molecule has 4 heteroatoms. The highest BCUT2D eigenvalue weighted by Crippen LogP contribution is 2.45. The van der Waals surface area contributed by atoms with Gasteiger partial charge in [-0.15, -0.1) is 5.11 Å². The smallest absolute Gasteiger partial charge is 0.0892 e. The first-order valence-electron chi connectivity index (χ1n) is 13.7. The maximum atomic E-state index is 5.10. The summed E-state index contributed by atoms with van der Waals surface area (Å²) in [6.45, 7) is 0. The van der Waals surface area contributed by atoms with E-state index in [-0.39, 0.29) is 0 Å². The molecule has 0 amide bonds. The lowest BCUT2D eigenvalue weighted by Crippen LogP contribution is -2.54. The Balaban J connectivity index is 1.52. The quantitative estimate of drug-likeness (QED) is 0.469. The zero-order valence-electron chi connectivity index (χ0n) is 19.2. The lowest BCUT2D eigenvalue weighted by atomic mass is 9.80. The van der Waals surface area contributed by atoms with Gasteiger partial charge in [0.15, 0.2) is 0 Å². The van der Waals surface area contributed by atoms with E-state index in [4.69, 9.17) is 10.3 Å². The van der Waals surface area contributed by atoms with Gasteiger partial charge in [-0.3, -0.25) is 5.01 Å². The molecule has 0 spiro atoms. The predicted octanol–water partition coefficient (Wildman–Crippen LogP) is 7.92. The van der Waals surface area contributed by atoms with E-state index in [9.17, 15) is 0 Å². The van der Waals surface area contributed by atoms with Gasteiger partial charge < -0.3 is 0 Å². The molecule has 30 heavy (non-hydrogen) atoms. The Kier molecular flexibility index (Phi) is 6.97. The van der Waals surface area contributed by atoms with Gasteiger partial charge in [0.05, 0.1) is 23.5 Å². The van der Waals surface area contributed by atoms with Gasteiger partial charge in [-0.25, -0.2) is 0 Å². The summed E-state index contributed by atoms with van der Waals surface area (Å²) in [5.41, 5.74) is 3.09. The van der Waals surface area contributed by atoms with Crippen molar-refractivity contribution in [3.8, 4) is 0 Å². The molecule has 4 aliphatic carbocycles. The van der Waals surface area contributed by atoms with Crippen LogP contribution in [0.3, 0.4) is 0 Å².